The van der Waals surface area contributed by atoms with Crippen molar-refractivity contribution in [2.45, 2.75) is 50.7 Å². The van der Waals surface area contributed by atoms with Crippen molar-refractivity contribution in [3.8, 4) is 0 Å². The van der Waals surface area contributed by atoms with Crippen LogP contribution in [0.3, 0.4) is 0 Å². The van der Waals surface area contributed by atoms with E-state index < -0.39 is 5.97 Å². The molecule has 4 nitrogen and oxygen atoms in total. The van der Waals surface area contributed by atoms with Crippen LogP contribution in [-0.4, -0.2) is 47.2 Å². The summed E-state index contributed by atoms with van der Waals surface area (Å²) >= 11 is 0. The van der Waals surface area contributed by atoms with Gasteiger partial charge in [0, 0.05) is 37.6 Å². The number of carboxylic acid groups (broad SMARTS) is 1. The van der Waals surface area contributed by atoms with Crippen molar-refractivity contribution in [1.82, 2.24) is 10.2 Å². The predicted octanol–water partition coefficient (Wildman–Crippen LogP) is 0.676. The van der Waals surface area contributed by atoms with E-state index in [9.17, 15) is 4.79 Å². The van der Waals surface area contributed by atoms with Crippen molar-refractivity contribution >= 4 is 5.97 Å². The molecule has 0 aromatic heterocycles. The molecule has 1 aliphatic heterocycles. The van der Waals surface area contributed by atoms with Crippen LogP contribution in [0.2, 0.25) is 0 Å². The van der Waals surface area contributed by atoms with E-state index in [4.69, 9.17) is 5.11 Å². The summed E-state index contributed by atoms with van der Waals surface area (Å²) < 4.78 is 0. The van der Waals surface area contributed by atoms with Gasteiger partial charge in [-0.1, -0.05) is 0 Å². The molecule has 0 spiro atoms. The van der Waals surface area contributed by atoms with Crippen LogP contribution in [0, 0.1) is 0 Å². The second-order valence-electron chi connectivity index (χ2n) is 4.81. The van der Waals surface area contributed by atoms with Gasteiger partial charge in [-0.25, -0.2) is 0 Å². The first-order valence-electron chi connectivity index (χ1n) is 5.87. The third-order valence-electron chi connectivity index (χ3n) is 3.42. The highest BCUT2D eigenvalue weighted by Crippen LogP contribution is 2.30. The summed E-state index contributed by atoms with van der Waals surface area (Å²) in [6, 6.07) is 1.77. The zero-order valence-corrected chi connectivity index (χ0v) is 9.28. The van der Waals surface area contributed by atoms with Gasteiger partial charge >= 0.3 is 5.97 Å². The zero-order chi connectivity index (χ0) is 10.8. The molecule has 0 radical (unpaired) electrons. The predicted molar refractivity (Wildman–Crippen MR) is 57.9 cm³/mol. The number of nitrogens with one attached hydrogen (secondary N) is 1. The van der Waals surface area contributed by atoms with Crippen molar-refractivity contribution in [2.24, 2.45) is 0 Å². The first-order chi connectivity index (χ1) is 7.16. The van der Waals surface area contributed by atoms with Gasteiger partial charge in [-0.15, -0.1) is 0 Å². The Kier molecular flexibility index (Phi) is 3.26. The molecule has 2 N–H and O–H groups in total. The molecule has 0 bridgehead atoms. The first-order valence-corrected chi connectivity index (χ1v) is 5.87. The van der Waals surface area contributed by atoms with E-state index in [1.165, 1.54) is 12.8 Å². The highest BCUT2D eigenvalue weighted by atomic mass is 16.4. The Bertz CT molecular complexity index is 241. The van der Waals surface area contributed by atoms with Crippen LogP contribution in [0.1, 0.15) is 32.6 Å². The van der Waals surface area contributed by atoms with E-state index in [0.29, 0.717) is 12.1 Å². The molecule has 2 atom stereocenters. The second kappa shape index (κ2) is 4.49. The quantitative estimate of drug-likeness (QED) is 0.719. The third-order valence-corrected chi connectivity index (χ3v) is 3.42. The molecule has 1 aliphatic carbocycles. The normalized spacial score (nSPS) is 32.9. The number of carbonyl (C=O) groups is 1. The fraction of sp³-hybridized carbons (Fsp3) is 0.909. The third kappa shape index (κ3) is 2.92. The van der Waals surface area contributed by atoms with E-state index in [2.05, 4.69) is 17.1 Å². The number of rotatable bonds is 4. The maximum Gasteiger partial charge on any atom is 0.303 e. The van der Waals surface area contributed by atoms with Crippen molar-refractivity contribution in [1.29, 1.82) is 0 Å². The molecule has 2 rings (SSSR count). The van der Waals surface area contributed by atoms with Gasteiger partial charge in [-0.2, -0.15) is 0 Å². The number of hydrogen-bond donors (Lipinski definition) is 2. The number of carboxylic acids is 1. The number of aliphatic carboxylic acids is 1. The van der Waals surface area contributed by atoms with E-state index >= 15 is 0 Å². The summed E-state index contributed by atoms with van der Waals surface area (Å²) in [6.07, 6.45) is 3.70. The summed E-state index contributed by atoms with van der Waals surface area (Å²) in [5.74, 6) is -0.687. The molecule has 2 aliphatic rings. The highest BCUT2D eigenvalue weighted by Gasteiger charge is 2.35. The molecule has 1 saturated heterocycles. The number of nitrogens with zero attached hydrogens (tertiary/aromatic N) is 1. The molecule has 1 heterocycles. The maximum atomic E-state index is 10.5. The molecule has 2 unspecified atom stereocenters. The minimum Gasteiger partial charge on any atom is -0.481 e. The molecule has 2 fully saturated rings. The van der Waals surface area contributed by atoms with Gasteiger partial charge in [0.05, 0.1) is 0 Å². The van der Waals surface area contributed by atoms with Crippen LogP contribution in [-0.2, 0) is 4.79 Å². The Morgan fingerprint density at radius 1 is 1.53 bits per heavy atom. The average molecular weight is 212 g/mol. The molecular formula is C11H20N2O2. The Balaban J connectivity index is 1.79. The fourth-order valence-electron chi connectivity index (χ4n) is 2.36. The van der Waals surface area contributed by atoms with Gasteiger partial charge in [-0.3, -0.25) is 9.69 Å². The Labute approximate surface area is 90.6 Å². The molecule has 0 aromatic carbocycles. The lowest BCUT2D eigenvalue weighted by Crippen LogP contribution is -2.56. The molecule has 0 aromatic rings. The Morgan fingerprint density at radius 3 is 2.87 bits per heavy atom. The second-order valence-corrected chi connectivity index (χ2v) is 4.81. The standard InChI is InChI=1S/C11H20N2O2/c1-8-6-12-9(2-5-11(14)15)7-13(8)10-3-4-10/h8-10,12H,2-7H2,1H3,(H,14,15). The smallest absolute Gasteiger partial charge is 0.303 e. The van der Waals surface area contributed by atoms with Crippen LogP contribution < -0.4 is 5.32 Å². The summed E-state index contributed by atoms with van der Waals surface area (Å²) in [5.41, 5.74) is 0. The van der Waals surface area contributed by atoms with Crippen LogP contribution >= 0.6 is 0 Å². The van der Waals surface area contributed by atoms with Crippen LogP contribution in [0.4, 0.5) is 0 Å². The van der Waals surface area contributed by atoms with Crippen LogP contribution in [0.15, 0.2) is 0 Å². The average Bonchev–Trinajstić information content (AvgIpc) is 3.00. The lowest BCUT2D eigenvalue weighted by molar-refractivity contribution is -0.137. The van der Waals surface area contributed by atoms with Crippen molar-refractivity contribution < 1.29 is 9.90 Å². The van der Waals surface area contributed by atoms with E-state index in [1.54, 1.807) is 0 Å². The maximum absolute atomic E-state index is 10.5. The van der Waals surface area contributed by atoms with Crippen LogP contribution in [0.5, 0.6) is 0 Å². The fourth-order valence-corrected chi connectivity index (χ4v) is 2.36. The molecular weight excluding hydrogens is 192 g/mol. The largest absolute Gasteiger partial charge is 0.481 e. The summed E-state index contributed by atoms with van der Waals surface area (Å²) in [7, 11) is 0. The monoisotopic (exact) mass is 212 g/mol. The van der Waals surface area contributed by atoms with Crippen molar-refractivity contribution in [3.05, 3.63) is 0 Å². The topological polar surface area (TPSA) is 52.6 Å². The number of hydrogen-bond acceptors (Lipinski definition) is 3. The molecule has 15 heavy (non-hydrogen) atoms. The minimum absolute atomic E-state index is 0.282. The molecule has 4 heteroatoms. The lowest BCUT2D eigenvalue weighted by atomic mass is 10.1. The summed E-state index contributed by atoms with van der Waals surface area (Å²) in [5, 5.41) is 12.1. The van der Waals surface area contributed by atoms with Gasteiger partial charge < -0.3 is 10.4 Å². The molecule has 1 saturated carbocycles. The Hall–Kier alpha value is -0.610. The van der Waals surface area contributed by atoms with Crippen molar-refractivity contribution in [2.75, 3.05) is 13.1 Å². The van der Waals surface area contributed by atoms with E-state index in [1.807, 2.05) is 0 Å². The summed E-state index contributed by atoms with van der Waals surface area (Å²) in [6.45, 7) is 4.28. The first kappa shape index (κ1) is 10.9. The lowest BCUT2D eigenvalue weighted by Gasteiger charge is -2.39. The van der Waals surface area contributed by atoms with E-state index in [0.717, 1.165) is 25.6 Å². The van der Waals surface area contributed by atoms with Gasteiger partial charge in [-0.05, 0) is 26.2 Å². The van der Waals surface area contributed by atoms with Gasteiger partial charge in [0.2, 0.25) is 0 Å². The summed E-state index contributed by atoms with van der Waals surface area (Å²) in [4.78, 5) is 13.0. The SMILES string of the molecule is CC1CNC(CCC(=O)O)CN1C1CC1. The van der Waals surface area contributed by atoms with Gasteiger partial charge in [0.1, 0.15) is 0 Å². The zero-order valence-electron chi connectivity index (χ0n) is 9.28. The Morgan fingerprint density at radius 2 is 2.27 bits per heavy atom. The molecule has 0 amide bonds. The van der Waals surface area contributed by atoms with Gasteiger partial charge in [0.25, 0.3) is 0 Å². The van der Waals surface area contributed by atoms with Gasteiger partial charge in [0.15, 0.2) is 0 Å². The minimum atomic E-state index is -0.687. The molecule has 86 valence electrons. The van der Waals surface area contributed by atoms with Crippen molar-refractivity contribution in [3.63, 3.8) is 0 Å². The number of piperazine rings is 1. The van der Waals surface area contributed by atoms with E-state index in [-0.39, 0.29) is 6.42 Å². The highest BCUT2D eigenvalue weighted by molar-refractivity contribution is 5.66. The van der Waals surface area contributed by atoms with Crippen LogP contribution in [0.25, 0.3) is 0 Å².